The van der Waals surface area contributed by atoms with E-state index in [4.69, 9.17) is 0 Å². The smallest absolute Gasteiger partial charge is 0.125 e. The number of nitrogens with zero attached hydrogens (tertiary/aromatic N) is 2. The van der Waals surface area contributed by atoms with E-state index in [0.717, 1.165) is 36.8 Å². The minimum Gasteiger partial charge on any atom is -0.280 e. The third-order valence-corrected chi connectivity index (χ3v) is 3.98. The van der Waals surface area contributed by atoms with Gasteiger partial charge in [-0.3, -0.25) is 14.6 Å². The van der Waals surface area contributed by atoms with Crippen LogP contribution in [-0.4, -0.2) is 11.8 Å². The lowest BCUT2D eigenvalue weighted by Crippen LogP contribution is -2.50. The van der Waals surface area contributed by atoms with Crippen LogP contribution in [0.2, 0.25) is 0 Å². The lowest BCUT2D eigenvalue weighted by atomic mass is 9.65. The number of hydrogen-bond donors (Lipinski definition) is 0. The number of aryl methyl sites for hydroxylation is 2. The Kier molecular flexibility index (Phi) is 4.49. The highest BCUT2D eigenvalue weighted by molar-refractivity contribution is 6.58. The second-order valence-electron chi connectivity index (χ2n) is 5.73. The average Bonchev–Trinajstić information content (AvgIpc) is 2.84. The summed E-state index contributed by atoms with van der Waals surface area (Å²) in [6.07, 6.45) is 12.1. The van der Waals surface area contributed by atoms with Crippen molar-refractivity contribution >= 4 is 13.0 Å². The van der Waals surface area contributed by atoms with Crippen LogP contribution < -0.4 is 10.3 Å². The van der Waals surface area contributed by atoms with Gasteiger partial charge in [0.15, 0.2) is 0 Å². The Hall–Kier alpha value is -2.21. The van der Waals surface area contributed by atoms with Crippen molar-refractivity contribution in [2.75, 3.05) is 0 Å². The second-order valence-corrected chi connectivity index (χ2v) is 5.73. The van der Waals surface area contributed by atoms with Gasteiger partial charge in [0.25, 0.3) is 0 Å². The topological polar surface area (TPSA) is 8.81 Å². The summed E-state index contributed by atoms with van der Waals surface area (Å²) in [5.74, 6) is 6.56. The Labute approximate surface area is 133 Å². The van der Waals surface area contributed by atoms with Crippen LogP contribution in [-0.2, 0) is 14.1 Å². The fraction of sp³-hybridized carbons (Fsp3) is 0.316. The van der Waals surface area contributed by atoms with Gasteiger partial charge < -0.3 is 0 Å². The average molecular weight is 287 g/mol. The van der Waals surface area contributed by atoms with Crippen LogP contribution in [0.25, 0.3) is 0 Å². The molecule has 22 heavy (non-hydrogen) atoms. The quantitative estimate of drug-likeness (QED) is 0.453. The van der Waals surface area contributed by atoms with Gasteiger partial charge in [0, 0.05) is 17.7 Å². The lowest BCUT2D eigenvalue weighted by Gasteiger charge is -2.20. The molecule has 1 aromatic heterocycles. The van der Waals surface area contributed by atoms with Crippen LogP contribution in [0.1, 0.15) is 36.8 Å². The van der Waals surface area contributed by atoms with E-state index in [1.165, 1.54) is 11.2 Å². The number of imidazole rings is 1. The third kappa shape index (κ3) is 3.34. The molecule has 0 saturated heterocycles. The van der Waals surface area contributed by atoms with E-state index in [9.17, 15) is 0 Å². The lowest BCUT2D eigenvalue weighted by molar-refractivity contribution is -0.652. The number of allylic oxidation sites excluding steroid dienone is 1. The maximum absolute atomic E-state index is 3.59. The van der Waals surface area contributed by atoms with Gasteiger partial charge in [-0.2, -0.15) is 7.28 Å². The van der Waals surface area contributed by atoms with Gasteiger partial charge >= 0.3 is 0 Å². The number of fused-ring (bicyclic) bond motifs is 1. The van der Waals surface area contributed by atoms with Crippen LogP contribution in [0.4, 0.5) is 0 Å². The van der Waals surface area contributed by atoms with Crippen LogP contribution >= 0.6 is 0 Å². The zero-order valence-electron chi connectivity index (χ0n) is 13.3. The van der Waals surface area contributed by atoms with Crippen LogP contribution in [0, 0.1) is 17.9 Å². The molecule has 3 radical (unpaired) electrons. The maximum Gasteiger partial charge on any atom is 0.125 e. The predicted octanol–water partition coefficient (Wildman–Crippen LogP) is 1.84. The Morgan fingerprint density at radius 2 is 2.00 bits per heavy atom. The van der Waals surface area contributed by atoms with Crippen molar-refractivity contribution in [2.24, 2.45) is 14.1 Å². The van der Waals surface area contributed by atoms with E-state index in [1.54, 1.807) is 0 Å². The molecule has 0 bridgehead atoms. The number of benzene rings is 1. The summed E-state index contributed by atoms with van der Waals surface area (Å²) >= 11 is 0. The number of hydrogen-bond acceptors (Lipinski definition) is 0. The van der Waals surface area contributed by atoms with Gasteiger partial charge in [-0.25, -0.2) is 0 Å². The van der Waals surface area contributed by atoms with Crippen LogP contribution in [0.15, 0.2) is 42.1 Å². The Bertz CT molecular complexity index is 740. The molecule has 3 rings (SSSR count). The highest BCUT2D eigenvalue weighted by atomic mass is 15.1. The Balaban J connectivity index is 1.97. The Morgan fingerprint density at radius 1 is 1.18 bits per heavy atom. The van der Waals surface area contributed by atoms with E-state index in [-0.39, 0.29) is 0 Å². The van der Waals surface area contributed by atoms with Gasteiger partial charge in [-0.05, 0) is 18.1 Å². The van der Waals surface area contributed by atoms with Crippen molar-refractivity contribution in [3.05, 3.63) is 59.3 Å². The molecular weight excluding hydrogens is 267 g/mol. The summed E-state index contributed by atoms with van der Waals surface area (Å²) in [7, 11) is 6.39. The molecule has 0 spiro atoms. The van der Waals surface area contributed by atoms with Gasteiger partial charge in [-0.1, -0.05) is 49.0 Å². The highest BCUT2D eigenvalue weighted by Gasteiger charge is 2.03. The second kappa shape index (κ2) is 6.70. The van der Waals surface area contributed by atoms with Gasteiger partial charge in [-0.15, -0.1) is 0 Å². The predicted molar refractivity (Wildman–Crippen MR) is 89.6 cm³/mol. The van der Waals surface area contributed by atoms with Crippen LogP contribution in [0.5, 0.6) is 0 Å². The summed E-state index contributed by atoms with van der Waals surface area (Å²) in [5, 5.41) is 0. The SMILES string of the molecule is Cn1cc[n+](C)c1[B-]C1=[C]c2ccccc2C#CCCCC1. The molecule has 109 valence electrons. The summed E-state index contributed by atoms with van der Waals surface area (Å²) in [5.41, 5.74) is 4.60. The van der Waals surface area contributed by atoms with E-state index in [1.807, 2.05) is 6.07 Å². The number of aromatic nitrogens is 2. The molecule has 1 aliphatic rings. The fourth-order valence-corrected chi connectivity index (χ4v) is 2.69. The third-order valence-electron chi connectivity index (χ3n) is 3.98. The molecule has 2 nitrogen and oxygen atoms in total. The monoisotopic (exact) mass is 287 g/mol. The molecule has 1 heterocycles. The van der Waals surface area contributed by atoms with Crippen molar-refractivity contribution in [2.45, 2.75) is 25.7 Å². The maximum atomic E-state index is 3.59. The first kappa shape index (κ1) is 14.7. The molecule has 0 unspecified atom stereocenters. The minimum absolute atomic E-state index is 0.972. The minimum atomic E-state index is 0.972. The first-order valence-electron chi connectivity index (χ1n) is 7.80. The molecular formula is C19H20BN2. The van der Waals surface area contributed by atoms with E-state index >= 15 is 0 Å². The summed E-state index contributed by atoms with van der Waals surface area (Å²) in [6.45, 7) is 0. The first-order valence-corrected chi connectivity index (χ1v) is 7.80. The fourth-order valence-electron chi connectivity index (χ4n) is 2.69. The molecule has 1 aromatic carbocycles. The van der Waals surface area contributed by atoms with Crippen molar-refractivity contribution in [3.8, 4) is 11.8 Å². The summed E-state index contributed by atoms with van der Waals surface area (Å²) < 4.78 is 4.28. The molecule has 0 fully saturated rings. The molecule has 3 heteroatoms. The molecule has 0 amide bonds. The van der Waals surface area contributed by atoms with Crippen molar-refractivity contribution in [1.29, 1.82) is 0 Å². The zero-order chi connectivity index (χ0) is 15.4. The van der Waals surface area contributed by atoms with Crippen molar-refractivity contribution < 1.29 is 4.57 Å². The molecule has 1 aliphatic carbocycles. The number of rotatable bonds is 2. The summed E-state index contributed by atoms with van der Waals surface area (Å²) in [4.78, 5) is 0. The molecule has 2 aromatic rings. The first-order chi connectivity index (χ1) is 10.7. The molecule has 0 saturated carbocycles. The van der Waals surface area contributed by atoms with Gasteiger partial charge in [0.05, 0.1) is 14.1 Å². The summed E-state index contributed by atoms with van der Waals surface area (Å²) in [6, 6.07) is 8.28. The van der Waals surface area contributed by atoms with Crippen molar-refractivity contribution in [1.82, 2.24) is 4.57 Å². The highest BCUT2D eigenvalue weighted by Crippen LogP contribution is 2.15. The molecule has 0 atom stereocenters. The van der Waals surface area contributed by atoms with Crippen LogP contribution in [0.3, 0.4) is 0 Å². The van der Waals surface area contributed by atoms with Crippen molar-refractivity contribution in [3.63, 3.8) is 0 Å². The zero-order valence-corrected chi connectivity index (χ0v) is 13.3. The van der Waals surface area contributed by atoms with E-state index in [2.05, 4.69) is 79.0 Å². The Morgan fingerprint density at radius 3 is 2.77 bits per heavy atom. The van der Waals surface area contributed by atoms with E-state index in [0.29, 0.717) is 0 Å². The molecule has 0 aliphatic heterocycles. The normalized spacial score (nSPS) is 14.5. The largest absolute Gasteiger partial charge is 0.280 e. The standard InChI is InChI=1S/C19H20BN2/c1-21-13-14-22(2)19(21)20-18-12-6-4-3-5-9-16-10-7-8-11-17(16)15-18/h7-8,10-11,13-14H,3-4,6,12H2,1-2H3. The molecule has 0 N–H and O–H groups in total. The van der Waals surface area contributed by atoms with Gasteiger partial charge in [0.1, 0.15) is 12.4 Å². The van der Waals surface area contributed by atoms with Gasteiger partial charge in [0.2, 0.25) is 0 Å². The van der Waals surface area contributed by atoms with E-state index < -0.39 is 0 Å².